The van der Waals surface area contributed by atoms with Crippen LogP contribution in [0.4, 0.5) is 19.0 Å². The topological polar surface area (TPSA) is 38.3 Å². The van der Waals surface area contributed by atoms with Crippen molar-refractivity contribution in [3.05, 3.63) is 12.0 Å². The smallest absolute Gasteiger partial charge is 0.389 e. The third-order valence-electron chi connectivity index (χ3n) is 3.60. The minimum Gasteiger partial charge on any atom is -0.491 e. The molecular formula is C13H18F3N3O. The van der Waals surface area contributed by atoms with Crippen LogP contribution in [0.3, 0.4) is 0 Å². The Morgan fingerprint density at radius 2 is 1.95 bits per heavy atom. The van der Waals surface area contributed by atoms with E-state index in [9.17, 15) is 13.2 Å². The number of piperidine rings is 1. The van der Waals surface area contributed by atoms with E-state index in [-0.39, 0.29) is 5.92 Å². The molecule has 1 aliphatic heterocycles. The van der Waals surface area contributed by atoms with Gasteiger partial charge in [0.2, 0.25) is 0 Å². The van der Waals surface area contributed by atoms with Gasteiger partial charge in [0.1, 0.15) is 6.33 Å². The summed E-state index contributed by atoms with van der Waals surface area (Å²) in [7, 11) is 1.55. The summed E-state index contributed by atoms with van der Waals surface area (Å²) in [4.78, 5) is 10.2. The van der Waals surface area contributed by atoms with Crippen molar-refractivity contribution < 1.29 is 17.9 Å². The number of halogens is 3. The van der Waals surface area contributed by atoms with Gasteiger partial charge in [-0.3, -0.25) is 0 Å². The van der Waals surface area contributed by atoms with Gasteiger partial charge in [0.05, 0.1) is 12.8 Å². The van der Waals surface area contributed by atoms with E-state index in [1.807, 2.05) is 11.8 Å². The Morgan fingerprint density at radius 1 is 1.30 bits per heavy atom. The van der Waals surface area contributed by atoms with Gasteiger partial charge in [0.15, 0.2) is 11.6 Å². The minimum atomic E-state index is -4.07. The predicted octanol–water partition coefficient (Wildman–Crippen LogP) is 2.96. The Kier molecular flexibility index (Phi) is 4.35. The number of ether oxygens (including phenoxy) is 1. The number of hydrogen-bond donors (Lipinski definition) is 0. The first-order valence-corrected chi connectivity index (χ1v) is 6.58. The molecule has 1 saturated heterocycles. The summed E-state index contributed by atoms with van der Waals surface area (Å²) in [5.41, 5.74) is 0.731. The van der Waals surface area contributed by atoms with Gasteiger partial charge in [-0.05, 0) is 25.7 Å². The van der Waals surface area contributed by atoms with Crippen molar-refractivity contribution in [1.29, 1.82) is 0 Å². The van der Waals surface area contributed by atoms with Crippen LogP contribution in [-0.2, 0) is 0 Å². The Hall–Kier alpha value is -1.53. The summed E-state index contributed by atoms with van der Waals surface area (Å²) in [6.45, 7) is 2.95. The van der Waals surface area contributed by atoms with E-state index < -0.39 is 12.6 Å². The maximum atomic E-state index is 12.4. The van der Waals surface area contributed by atoms with Crippen molar-refractivity contribution in [1.82, 2.24) is 9.97 Å². The maximum absolute atomic E-state index is 12.4. The number of aryl methyl sites for hydroxylation is 1. The van der Waals surface area contributed by atoms with E-state index >= 15 is 0 Å². The summed E-state index contributed by atoms with van der Waals surface area (Å²) in [5, 5.41) is 0. The van der Waals surface area contributed by atoms with Crippen molar-refractivity contribution in [2.24, 2.45) is 5.92 Å². The summed E-state index contributed by atoms with van der Waals surface area (Å²) < 4.78 is 42.4. The van der Waals surface area contributed by atoms with Crippen LogP contribution in [0.15, 0.2) is 6.33 Å². The molecule has 20 heavy (non-hydrogen) atoms. The molecule has 0 aromatic carbocycles. The van der Waals surface area contributed by atoms with Gasteiger partial charge in [-0.25, -0.2) is 9.97 Å². The molecule has 112 valence electrons. The number of anilines is 1. The highest BCUT2D eigenvalue weighted by Gasteiger charge is 2.34. The van der Waals surface area contributed by atoms with Gasteiger partial charge in [0, 0.05) is 19.5 Å². The number of nitrogens with zero attached hydrogens (tertiary/aromatic N) is 3. The van der Waals surface area contributed by atoms with E-state index in [2.05, 4.69) is 9.97 Å². The molecule has 0 atom stereocenters. The van der Waals surface area contributed by atoms with Crippen LogP contribution in [0.5, 0.6) is 5.75 Å². The lowest BCUT2D eigenvalue weighted by Gasteiger charge is -2.33. The Balaban J connectivity index is 2.02. The number of hydrogen-bond acceptors (Lipinski definition) is 4. The molecule has 2 heterocycles. The second-order valence-corrected chi connectivity index (χ2v) is 5.07. The van der Waals surface area contributed by atoms with Crippen LogP contribution < -0.4 is 9.64 Å². The standard InChI is InChI=1S/C13H18F3N3O/c1-9-11(20-2)12(18-8-17-9)19-5-3-10(4-6-19)7-13(14,15)16/h8,10H,3-7H2,1-2H3. The number of aromatic nitrogens is 2. The third kappa shape index (κ3) is 3.52. The highest BCUT2D eigenvalue weighted by atomic mass is 19.4. The zero-order chi connectivity index (χ0) is 14.8. The molecule has 1 aromatic heterocycles. The maximum Gasteiger partial charge on any atom is 0.389 e. The monoisotopic (exact) mass is 289 g/mol. The summed E-state index contributed by atoms with van der Waals surface area (Å²) in [5.74, 6) is 0.979. The van der Waals surface area contributed by atoms with Crippen LogP contribution in [0.1, 0.15) is 25.0 Å². The van der Waals surface area contributed by atoms with Gasteiger partial charge in [-0.15, -0.1) is 0 Å². The molecule has 0 saturated carbocycles. The van der Waals surface area contributed by atoms with Gasteiger partial charge in [0.25, 0.3) is 0 Å². The molecule has 0 amide bonds. The highest BCUT2D eigenvalue weighted by molar-refractivity contribution is 5.54. The summed E-state index contributed by atoms with van der Waals surface area (Å²) >= 11 is 0. The van der Waals surface area contributed by atoms with Crippen molar-refractivity contribution in [2.45, 2.75) is 32.4 Å². The average Bonchev–Trinajstić information content (AvgIpc) is 2.37. The zero-order valence-corrected chi connectivity index (χ0v) is 11.6. The van der Waals surface area contributed by atoms with Gasteiger partial charge in [-0.2, -0.15) is 13.2 Å². The first kappa shape index (κ1) is 14.9. The molecule has 0 bridgehead atoms. The Bertz CT molecular complexity index is 457. The van der Waals surface area contributed by atoms with E-state index in [4.69, 9.17) is 4.74 Å². The lowest BCUT2D eigenvalue weighted by Crippen LogP contribution is -2.36. The predicted molar refractivity (Wildman–Crippen MR) is 68.9 cm³/mol. The lowest BCUT2D eigenvalue weighted by molar-refractivity contribution is -0.145. The van der Waals surface area contributed by atoms with E-state index in [0.717, 1.165) is 5.69 Å². The molecule has 0 unspecified atom stereocenters. The molecule has 4 nitrogen and oxygen atoms in total. The van der Waals surface area contributed by atoms with E-state index in [1.54, 1.807) is 7.11 Å². The summed E-state index contributed by atoms with van der Waals surface area (Å²) in [6.07, 6.45) is -2.27. The van der Waals surface area contributed by atoms with Gasteiger partial charge in [-0.1, -0.05) is 0 Å². The highest BCUT2D eigenvalue weighted by Crippen LogP contribution is 2.34. The molecule has 0 N–H and O–H groups in total. The van der Waals surface area contributed by atoms with Crippen LogP contribution in [-0.4, -0.2) is 36.3 Å². The second kappa shape index (κ2) is 5.85. The van der Waals surface area contributed by atoms with Crippen LogP contribution in [0, 0.1) is 12.8 Å². The van der Waals surface area contributed by atoms with E-state index in [1.165, 1.54) is 6.33 Å². The molecule has 1 aromatic rings. The lowest BCUT2D eigenvalue weighted by atomic mass is 9.93. The fourth-order valence-electron chi connectivity index (χ4n) is 2.59. The van der Waals surface area contributed by atoms with Crippen molar-refractivity contribution in [3.63, 3.8) is 0 Å². The molecule has 7 heteroatoms. The van der Waals surface area contributed by atoms with Crippen LogP contribution in [0.2, 0.25) is 0 Å². The number of alkyl halides is 3. The summed E-state index contributed by atoms with van der Waals surface area (Å²) in [6, 6.07) is 0. The number of methoxy groups -OCH3 is 1. The van der Waals surface area contributed by atoms with Crippen molar-refractivity contribution in [3.8, 4) is 5.75 Å². The quantitative estimate of drug-likeness (QED) is 0.857. The Morgan fingerprint density at radius 3 is 2.50 bits per heavy atom. The first-order chi connectivity index (χ1) is 9.40. The fourth-order valence-corrected chi connectivity index (χ4v) is 2.59. The molecule has 1 fully saturated rings. The van der Waals surface area contributed by atoms with E-state index in [0.29, 0.717) is 37.5 Å². The average molecular weight is 289 g/mol. The van der Waals surface area contributed by atoms with Crippen LogP contribution >= 0.6 is 0 Å². The normalized spacial score (nSPS) is 17.4. The molecule has 0 aliphatic carbocycles. The third-order valence-corrected chi connectivity index (χ3v) is 3.60. The molecule has 0 spiro atoms. The second-order valence-electron chi connectivity index (χ2n) is 5.07. The zero-order valence-electron chi connectivity index (χ0n) is 11.6. The van der Waals surface area contributed by atoms with Gasteiger partial charge >= 0.3 is 6.18 Å². The largest absolute Gasteiger partial charge is 0.491 e. The SMILES string of the molecule is COc1c(C)ncnc1N1CCC(CC(F)(F)F)CC1. The molecule has 1 aliphatic rings. The van der Waals surface area contributed by atoms with Crippen LogP contribution in [0.25, 0.3) is 0 Å². The molecule has 0 radical (unpaired) electrons. The van der Waals surface area contributed by atoms with Crippen molar-refractivity contribution in [2.75, 3.05) is 25.1 Å². The number of rotatable bonds is 3. The first-order valence-electron chi connectivity index (χ1n) is 6.58. The fraction of sp³-hybridized carbons (Fsp3) is 0.692. The molecule has 2 rings (SSSR count). The van der Waals surface area contributed by atoms with Gasteiger partial charge < -0.3 is 9.64 Å². The minimum absolute atomic E-state index is 0.292. The van der Waals surface area contributed by atoms with Crippen molar-refractivity contribution >= 4 is 5.82 Å². The Labute approximate surface area is 116 Å². The molecular weight excluding hydrogens is 271 g/mol.